The number of aryl methyl sites for hydroxylation is 1. The molecule has 5 nitrogen and oxygen atoms in total. The lowest BCUT2D eigenvalue weighted by Crippen LogP contribution is -2.31. The predicted octanol–water partition coefficient (Wildman–Crippen LogP) is 4.53. The van der Waals surface area contributed by atoms with Crippen LogP contribution < -0.4 is 10.6 Å². The summed E-state index contributed by atoms with van der Waals surface area (Å²) in [4.78, 5) is 25.3. The van der Waals surface area contributed by atoms with Crippen molar-refractivity contribution in [1.82, 2.24) is 5.32 Å². The van der Waals surface area contributed by atoms with E-state index in [1.165, 1.54) is 23.1 Å². The zero-order valence-electron chi connectivity index (χ0n) is 14.4. The monoisotopic (exact) mass is 461 g/mol. The first-order valence-electron chi connectivity index (χ1n) is 8.14. The summed E-state index contributed by atoms with van der Waals surface area (Å²) >= 11 is 6.13. The largest absolute Gasteiger partial charge is 0.325 e. The second-order valence-corrected chi connectivity index (χ2v) is 8.79. The van der Waals surface area contributed by atoms with Crippen LogP contribution >= 0.6 is 39.0 Å². The van der Waals surface area contributed by atoms with Crippen LogP contribution in [0.2, 0.25) is 0 Å². The minimum absolute atomic E-state index is 0.104. The van der Waals surface area contributed by atoms with Crippen molar-refractivity contribution >= 4 is 56.5 Å². The van der Waals surface area contributed by atoms with E-state index < -0.39 is 0 Å². The van der Waals surface area contributed by atoms with Gasteiger partial charge in [-0.25, -0.2) is 0 Å². The van der Waals surface area contributed by atoms with Gasteiger partial charge in [-0.3, -0.25) is 9.59 Å². The lowest BCUT2D eigenvalue weighted by molar-refractivity contribution is -0.121. The number of thiophene rings is 1. The molecule has 2 heterocycles. The fourth-order valence-corrected chi connectivity index (χ4v) is 4.68. The van der Waals surface area contributed by atoms with Crippen molar-refractivity contribution in [2.24, 2.45) is 0 Å². The Morgan fingerprint density at radius 2 is 2.30 bits per heavy atom. The van der Waals surface area contributed by atoms with E-state index in [-0.39, 0.29) is 29.9 Å². The number of anilines is 1. The maximum atomic E-state index is 12.3. The van der Waals surface area contributed by atoms with Gasteiger partial charge in [-0.05, 0) is 42.1 Å². The number of carbonyl (C=O) groups excluding carboxylic acids is 2. The Labute approximate surface area is 174 Å². The number of allylic oxidation sites excluding steroid dienone is 1. The van der Waals surface area contributed by atoms with Gasteiger partial charge in [-0.15, -0.1) is 11.3 Å². The number of halogens is 1. The lowest BCUT2D eigenvalue weighted by atomic mass is 9.93. The molecule has 138 valence electrons. The Hall–Kier alpha value is -2.08. The average molecular weight is 462 g/mol. The number of nitriles is 1. The van der Waals surface area contributed by atoms with Crippen LogP contribution in [0.4, 0.5) is 5.69 Å². The third-order valence-electron chi connectivity index (χ3n) is 4.03. The van der Waals surface area contributed by atoms with Gasteiger partial charge in [0.05, 0.1) is 22.4 Å². The molecule has 0 fully saturated rings. The summed E-state index contributed by atoms with van der Waals surface area (Å²) in [7, 11) is 0. The second-order valence-electron chi connectivity index (χ2n) is 5.98. The fourth-order valence-electron chi connectivity index (χ4n) is 2.72. The van der Waals surface area contributed by atoms with E-state index in [1.807, 2.05) is 42.6 Å². The molecule has 0 saturated heterocycles. The number of thioether (sulfide) groups is 1. The van der Waals surface area contributed by atoms with E-state index in [4.69, 9.17) is 0 Å². The van der Waals surface area contributed by atoms with E-state index in [0.717, 1.165) is 14.9 Å². The van der Waals surface area contributed by atoms with Crippen molar-refractivity contribution in [2.75, 3.05) is 11.1 Å². The first kappa shape index (κ1) is 19.7. The third-order valence-corrected chi connectivity index (χ3v) is 6.92. The Morgan fingerprint density at radius 3 is 2.96 bits per heavy atom. The summed E-state index contributed by atoms with van der Waals surface area (Å²) in [5.41, 5.74) is 2.24. The number of rotatable bonds is 5. The quantitative estimate of drug-likeness (QED) is 0.684. The van der Waals surface area contributed by atoms with Gasteiger partial charge in [0, 0.05) is 27.4 Å². The zero-order valence-corrected chi connectivity index (χ0v) is 17.6. The van der Waals surface area contributed by atoms with Crippen LogP contribution in [-0.4, -0.2) is 17.6 Å². The summed E-state index contributed by atoms with van der Waals surface area (Å²) in [6.07, 6.45) is 0.248. The molecule has 0 saturated carbocycles. The summed E-state index contributed by atoms with van der Waals surface area (Å²) in [5, 5.41) is 17.6. The van der Waals surface area contributed by atoms with E-state index in [0.29, 0.717) is 16.3 Å². The number of carbonyl (C=O) groups is 2. The van der Waals surface area contributed by atoms with Crippen molar-refractivity contribution in [3.63, 3.8) is 0 Å². The Morgan fingerprint density at radius 1 is 1.48 bits per heavy atom. The van der Waals surface area contributed by atoms with E-state index in [1.54, 1.807) is 0 Å². The van der Waals surface area contributed by atoms with Gasteiger partial charge >= 0.3 is 0 Å². The van der Waals surface area contributed by atoms with Crippen LogP contribution in [0.1, 0.15) is 22.8 Å². The minimum atomic E-state index is -0.247. The Kier molecular flexibility index (Phi) is 6.37. The molecule has 0 aliphatic carbocycles. The van der Waals surface area contributed by atoms with Crippen LogP contribution in [0.3, 0.4) is 0 Å². The smallest absolute Gasteiger partial charge is 0.234 e. The van der Waals surface area contributed by atoms with E-state index in [9.17, 15) is 14.9 Å². The Balaban J connectivity index is 1.71. The number of hydrogen-bond donors (Lipinski definition) is 2. The van der Waals surface area contributed by atoms with Crippen LogP contribution in [0.25, 0.3) is 0 Å². The second kappa shape index (κ2) is 8.74. The molecule has 1 aromatic heterocycles. The molecule has 3 rings (SSSR count). The molecular formula is C19H16BrN3O2S2. The predicted molar refractivity (Wildman–Crippen MR) is 112 cm³/mol. The molecule has 27 heavy (non-hydrogen) atoms. The highest BCUT2D eigenvalue weighted by Gasteiger charge is 2.30. The topological polar surface area (TPSA) is 82.0 Å². The fraction of sp³-hybridized carbons (Fsp3) is 0.211. The van der Waals surface area contributed by atoms with Gasteiger partial charge in [0.2, 0.25) is 11.8 Å². The maximum Gasteiger partial charge on any atom is 0.234 e. The molecule has 1 aliphatic heterocycles. The molecular weight excluding hydrogens is 446 g/mol. The van der Waals surface area contributed by atoms with Crippen LogP contribution in [0.5, 0.6) is 0 Å². The molecule has 0 unspecified atom stereocenters. The van der Waals surface area contributed by atoms with Crippen molar-refractivity contribution in [2.45, 2.75) is 19.3 Å². The van der Waals surface area contributed by atoms with Crippen molar-refractivity contribution in [3.8, 4) is 6.07 Å². The average Bonchev–Trinajstić information content (AvgIpc) is 3.17. The standard InChI is InChI=1S/C19H16BrN3O2S2/c1-11-7-12(4-5-15(11)20)22-18(25)10-27-19-14(9-21)13(8-17(24)23-19)16-3-2-6-26-16/h2-7,13H,8,10H2,1H3,(H,22,25)(H,23,24)/t13-/m0/s1. The summed E-state index contributed by atoms with van der Waals surface area (Å²) in [6.45, 7) is 1.95. The molecule has 0 radical (unpaired) electrons. The molecule has 8 heteroatoms. The first-order valence-corrected chi connectivity index (χ1v) is 10.8. The molecule has 2 amide bonds. The van der Waals surface area contributed by atoms with Crippen LogP contribution in [-0.2, 0) is 9.59 Å². The SMILES string of the molecule is Cc1cc(NC(=O)CSC2=C(C#N)[C@@H](c3cccs3)CC(=O)N2)ccc1Br. The molecule has 1 aromatic carbocycles. The van der Waals surface area contributed by atoms with E-state index >= 15 is 0 Å². The van der Waals surface area contributed by atoms with Gasteiger partial charge < -0.3 is 10.6 Å². The summed E-state index contributed by atoms with van der Waals surface area (Å²) < 4.78 is 0.975. The number of nitrogens with zero attached hydrogens (tertiary/aromatic N) is 1. The maximum absolute atomic E-state index is 12.3. The van der Waals surface area contributed by atoms with Gasteiger partial charge in [0.15, 0.2) is 0 Å². The molecule has 2 aromatic rings. The first-order chi connectivity index (χ1) is 13.0. The Bertz CT molecular complexity index is 948. The normalized spacial score (nSPS) is 16.6. The van der Waals surface area contributed by atoms with Crippen molar-refractivity contribution in [1.29, 1.82) is 5.26 Å². The number of amides is 2. The highest BCUT2D eigenvalue weighted by Crippen LogP contribution is 2.37. The zero-order chi connectivity index (χ0) is 19.4. The molecule has 2 N–H and O–H groups in total. The number of nitrogens with one attached hydrogen (secondary N) is 2. The van der Waals surface area contributed by atoms with Gasteiger partial charge in [0.25, 0.3) is 0 Å². The van der Waals surface area contributed by atoms with E-state index in [2.05, 4.69) is 32.6 Å². The third kappa shape index (κ3) is 4.80. The van der Waals surface area contributed by atoms with Crippen molar-refractivity contribution in [3.05, 3.63) is 61.2 Å². The number of benzene rings is 1. The van der Waals surface area contributed by atoms with Gasteiger partial charge in [-0.1, -0.05) is 33.8 Å². The number of hydrogen-bond acceptors (Lipinski definition) is 5. The molecule has 0 spiro atoms. The van der Waals surface area contributed by atoms with Gasteiger partial charge in [-0.2, -0.15) is 5.26 Å². The molecule has 1 aliphatic rings. The van der Waals surface area contributed by atoms with Crippen LogP contribution in [0, 0.1) is 18.3 Å². The van der Waals surface area contributed by atoms with Crippen LogP contribution in [0.15, 0.2) is 50.8 Å². The highest BCUT2D eigenvalue weighted by molar-refractivity contribution is 9.10. The molecule has 1 atom stereocenters. The highest BCUT2D eigenvalue weighted by atomic mass is 79.9. The summed E-state index contributed by atoms with van der Waals surface area (Å²) in [6, 6.07) is 11.6. The molecule has 0 bridgehead atoms. The van der Waals surface area contributed by atoms with Crippen molar-refractivity contribution < 1.29 is 9.59 Å². The van der Waals surface area contributed by atoms with Gasteiger partial charge in [0.1, 0.15) is 0 Å². The minimum Gasteiger partial charge on any atom is -0.325 e. The summed E-state index contributed by atoms with van der Waals surface area (Å²) in [5.74, 6) is -0.478. The lowest BCUT2D eigenvalue weighted by Gasteiger charge is -2.23.